The molecule has 0 saturated carbocycles. The predicted octanol–water partition coefficient (Wildman–Crippen LogP) is 4.00. The molecule has 2 fully saturated rings. The highest BCUT2D eigenvalue weighted by molar-refractivity contribution is 6.00. The first kappa shape index (κ1) is 23.6. The molecule has 0 aromatic heterocycles. The second kappa shape index (κ2) is 9.37. The highest BCUT2D eigenvalue weighted by Crippen LogP contribution is 2.36. The first-order valence-corrected chi connectivity index (χ1v) is 11.1. The zero-order chi connectivity index (χ0) is 24.5. The second-order valence-electron chi connectivity index (χ2n) is 8.82. The Kier molecular flexibility index (Phi) is 6.51. The summed E-state index contributed by atoms with van der Waals surface area (Å²) >= 11 is 0. The number of halogens is 3. The second-order valence-corrected chi connectivity index (χ2v) is 8.82. The van der Waals surface area contributed by atoms with E-state index in [1.807, 2.05) is 0 Å². The summed E-state index contributed by atoms with van der Waals surface area (Å²) in [5.41, 5.74) is -1.21. The van der Waals surface area contributed by atoms with E-state index in [0.717, 1.165) is 17.0 Å². The molecule has 2 aromatic carbocycles. The van der Waals surface area contributed by atoms with E-state index >= 15 is 0 Å². The van der Waals surface area contributed by atoms with E-state index < -0.39 is 47.0 Å². The van der Waals surface area contributed by atoms with Gasteiger partial charge in [-0.2, -0.15) is 5.26 Å². The lowest BCUT2D eigenvalue weighted by atomic mass is 9.95. The van der Waals surface area contributed by atoms with Crippen LogP contribution in [0.25, 0.3) is 0 Å². The number of rotatable bonds is 5. The Morgan fingerprint density at radius 2 is 1.88 bits per heavy atom. The Morgan fingerprint density at radius 1 is 1.21 bits per heavy atom. The molecule has 0 spiro atoms. The number of likely N-dealkylation sites (tertiary alicyclic amines) is 2. The number of ether oxygens (including phenoxy) is 1. The average molecular weight is 471 g/mol. The quantitative estimate of drug-likeness (QED) is 0.661. The average Bonchev–Trinajstić information content (AvgIpc) is 3.42. The van der Waals surface area contributed by atoms with Crippen LogP contribution in [-0.2, 0) is 11.4 Å². The topological polar surface area (TPSA) is 73.6 Å². The normalized spacial score (nSPS) is 24.2. The van der Waals surface area contributed by atoms with Crippen LogP contribution in [0.4, 0.5) is 13.2 Å². The number of carbonyl (C=O) groups is 2. The lowest BCUT2D eigenvalue weighted by Gasteiger charge is -2.37. The maximum absolute atomic E-state index is 14.7. The van der Waals surface area contributed by atoms with Crippen molar-refractivity contribution >= 4 is 11.8 Å². The van der Waals surface area contributed by atoms with Crippen LogP contribution < -0.4 is 4.74 Å². The van der Waals surface area contributed by atoms with Crippen LogP contribution in [0.3, 0.4) is 0 Å². The fraction of sp³-hybridized carbons (Fsp3) is 0.400. The Morgan fingerprint density at radius 3 is 2.53 bits per heavy atom. The summed E-state index contributed by atoms with van der Waals surface area (Å²) in [4.78, 5) is 28.9. The van der Waals surface area contributed by atoms with E-state index in [1.54, 1.807) is 30.3 Å². The van der Waals surface area contributed by atoms with Gasteiger partial charge in [-0.05, 0) is 37.5 Å². The molecule has 178 valence electrons. The van der Waals surface area contributed by atoms with Gasteiger partial charge in [0, 0.05) is 18.5 Å². The van der Waals surface area contributed by atoms with Gasteiger partial charge in [-0.1, -0.05) is 30.3 Å². The summed E-state index contributed by atoms with van der Waals surface area (Å²) in [7, 11) is 0. The van der Waals surface area contributed by atoms with Crippen molar-refractivity contribution in [3.63, 3.8) is 0 Å². The van der Waals surface area contributed by atoms with E-state index in [1.165, 1.54) is 11.8 Å². The molecule has 9 heteroatoms. The predicted molar refractivity (Wildman–Crippen MR) is 116 cm³/mol. The fourth-order valence-electron chi connectivity index (χ4n) is 4.68. The Bertz CT molecular complexity index is 1110. The van der Waals surface area contributed by atoms with Crippen molar-refractivity contribution in [1.82, 2.24) is 9.80 Å². The number of carbonyl (C=O) groups excluding carboxylic acids is 2. The van der Waals surface area contributed by atoms with Gasteiger partial charge >= 0.3 is 0 Å². The van der Waals surface area contributed by atoms with Gasteiger partial charge in [0.2, 0.25) is 5.91 Å². The SMILES string of the molecule is CC1(C(=O)N2CCCC2C#N)CC(F)CN1C(=O)c1cc(F)c(OCc2ccccc2)c(F)c1. The third kappa shape index (κ3) is 4.32. The molecule has 0 aliphatic carbocycles. The molecule has 0 bridgehead atoms. The minimum absolute atomic E-state index is 0.0693. The van der Waals surface area contributed by atoms with Crippen molar-refractivity contribution in [1.29, 1.82) is 5.26 Å². The van der Waals surface area contributed by atoms with E-state index in [4.69, 9.17) is 4.74 Å². The van der Waals surface area contributed by atoms with E-state index in [0.29, 0.717) is 24.9 Å². The summed E-state index contributed by atoms with van der Waals surface area (Å²) in [6.07, 6.45) is -0.598. The lowest BCUT2D eigenvalue weighted by molar-refractivity contribution is -0.140. The molecular formula is C25H24F3N3O3. The first-order chi connectivity index (χ1) is 16.2. The fourth-order valence-corrected chi connectivity index (χ4v) is 4.68. The van der Waals surface area contributed by atoms with E-state index in [2.05, 4.69) is 6.07 Å². The molecule has 6 nitrogen and oxygen atoms in total. The highest BCUT2D eigenvalue weighted by atomic mass is 19.1. The van der Waals surface area contributed by atoms with Crippen LogP contribution >= 0.6 is 0 Å². The van der Waals surface area contributed by atoms with Gasteiger partial charge in [0.1, 0.15) is 24.4 Å². The van der Waals surface area contributed by atoms with Crippen molar-refractivity contribution in [3.8, 4) is 11.8 Å². The Balaban J connectivity index is 1.57. The number of hydrogen-bond donors (Lipinski definition) is 0. The molecule has 3 unspecified atom stereocenters. The van der Waals surface area contributed by atoms with Gasteiger partial charge in [0.15, 0.2) is 17.4 Å². The van der Waals surface area contributed by atoms with Gasteiger partial charge in [-0.15, -0.1) is 0 Å². The van der Waals surface area contributed by atoms with Crippen LogP contribution in [0, 0.1) is 23.0 Å². The number of nitriles is 1. The third-order valence-corrected chi connectivity index (χ3v) is 6.44. The Labute approximate surface area is 195 Å². The minimum atomic E-state index is -1.56. The van der Waals surface area contributed by atoms with Crippen LogP contribution in [-0.4, -0.2) is 52.5 Å². The molecule has 2 saturated heterocycles. The van der Waals surface area contributed by atoms with Crippen molar-refractivity contribution in [2.75, 3.05) is 13.1 Å². The first-order valence-electron chi connectivity index (χ1n) is 11.1. The van der Waals surface area contributed by atoms with Gasteiger partial charge in [-0.3, -0.25) is 9.59 Å². The van der Waals surface area contributed by atoms with Crippen molar-refractivity contribution in [2.24, 2.45) is 0 Å². The van der Waals surface area contributed by atoms with E-state index in [9.17, 15) is 28.0 Å². The van der Waals surface area contributed by atoms with Crippen LogP contribution in [0.2, 0.25) is 0 Å². The van der Waals surface area contributed by atoms with Gasteiger partial charge in [0.05, 0.1) is 12.6 Å². The minimum Gasteiger partial charge on any atom is -0.483 e. The summed E-state index contributed by atoms with van der Waals surface area (Å²) < 4.78 is 49.2. The standard InChI is InChI=1S/C25H24F3N3O3/c1-25(24(33)30-9-5-8-19(30)13-29)12-18(26)14-31(25)23(32)17-10-20(27)22(21(28)11-17)34-15-16-6-3-2-4-7-16/h2-4,6-7,10-11,18-19H,5,8-9,12,14-15H2,1H3. The van der Waals surface area contributed by atoms with E-state index in [-0.39, 0.29) is 25.1 Å². The van der Waals surface area contributed by atoms with Crippen molar-refractivity contribution < 1.29 is 27.5 Å². The number of benzene rings is 2. The molecule has 2 aliphatic heterocycles. The maximum atomic E-state index is 14.7. The zero-order valence-corrected chi connectivity index (χ0v) is 18.6. The van der Waals surface area contributed by atoms with Gasteiger partial charge < -0.3 is 14.5 Å². The third-order valence-electron chi connectivity index (χ3n) is 6.44. The highest BCUT2D eigenvalue weighted by Gasteiger charge is 2.53. The van der Waals surface area contributed by atoms with Crippen molar-refractivity contribution in [3.05, 3.63) is 65.2 Å². The molecule has 2 aromatic rings. The summed E-state index contributed by atoms with van der Waals surface area (Å²) in [6.45, 7) is 1.31. The number of alkyl halides is 1. The number of nitrogens with zero attached hydrogens (tertiary/aromatic N) is 3. The molecule has 4 rings (SSSR count). The van der Waals surface area contributed by atoms with Crippen LogP contribution in [0.15, 0.2) is 42.5 Å². The smallest absolute Gasteiger partial charge is 0.255 e. The van der Waals surface area contributed by atoms with Crippen LogP contribution in [0.5, 0.6) is 5.75 Å². The monoisotopic (exact) mass is 471 g/mol. The zero-order valence-electron chi connectivity index (χ0n) is 18.6. The van der Waals surface area contributed by atoms with Crippen LogP contribution in [0.1, 0.15) is 42.1 Å². The summed E-state index contributed by atoms with van der Waals surface area (Å²) in [5.74, 6) is -4.18. The maximum Gasteiger partial charge on any atom is 0.255 e. The molecule has 2 aliphatic rings. The summed E-state index contributed by atoms with van der Waals surface area (Å²) in [6, 6.07) is 11.9. The molecule has 34 heavy (non-hydrogen) atoms. The lowest BCUT2D eigenvalue weighted by Crippen LogP contribution is -2.57. The molecular weight excluding hydrogens is 447 g/mol. The molecule has 0 N–H and O–H groups in total. The number of amides is 2. The summed E-state index contributed by atoms with van der Waals surface area (Å²) in [5, 5.41) is 9.33. The number of hydrogen-bond acceptors (Lipinski definition) is 4. The van der Waals surface area contributed by atoms with Crippen molar-refractivity contribution in [2.45, 2.75) is 50.5 Å². The van der Waals surface area contributed by atoms with Gasteiger partial charge in [-0.25, -0.2) is 13.2 Å². The molecule has 2 heterocycles. The largest absolute Gasteiger partial charge is 0.483 e. The molecule has 2 amide bonds. The Hall–Kier alpha value is -3.54. The van der Waals surface area contributed by atoms with Gasteiger partial charge in [0.25, 0.3) is 5.91 Å². The molecule has 3 atom stereocenters. The molecule has 0 radical (unpaired) electrons.